The first-order valence-electron chi connectivity index (χ1n) is 4.37. The molecule has 2 aromatic rings. The van der Waals surface area contributed by atoms with Crippen molar-refractivity contribution in [1.29, 1.82) is 5.26 Å². The normalized spacial score (nSPS) is 9.75. The Morgan fingerprint density at radius 3 is 2.88 bits per heavy atom. The summed E-state index contributed by atoms with van der Waals surface area (Å²) in [5.74, 6) is -0.493. The Morgan fingerprint density at radius 2 is 2.31 bits per heavy atom. The Labute approximate surface area is 95.2 Å². The quantitative estimate of drug-likeness (QED) is 0.837. The fourth-order valence-corrected chi connectivity index (χ4v) is 1.74. The van der Waals surface area contributed by atoms with Gasteiger partial charge in [-0.05, 0) is 18.2 Å². The third kappa shape index (κ3) is 2.10. The second-order valence-corrected chi connectivity index (χ2v) is 4.06. The molecule has 0 saturated heterocycles. The first-order chi connectivity index (χ1) is 7.69. The van der Waals surface area contributed by atoms with Gasteiger partial charge in [-0.2, -0.15) is 5.26 Å². The van der Waals surface area contributed by atoms with Crippen LogP contribution in [-0.4, -0.2) is 4.98 Å². The van der Waals surface area contributed by atoms with Gasteiger partial charge in [-0.15, -0.1) is 0 Å². The second kappa shape index (κ2) is 4.16. The lowest BCUT2D eigenvalue weighted by atomic mass is 10.2. The summed E-state index contributed by atoms with van der Waals surface area (Å²) in [7, 11) is 0. The van der Waals surface area contributed by atoms with Crippen LogP contribution in [0.3, 0.4) is 0 Å². The number of nitrogen functional groups attached to an aromatic ring is 1. The van der Waals surface area contributed by atoms with Gasteiger partial charge in [0.05, 0.1) is 23.5 Å². The molecule has 0 radical (unpaired) electrons. The SMILES string of the molecule is N#Cc1ccc(Nc2ncc(N)s2)c(F)c1. The van der Waals surface area contributed by atoms with E-state index in [-0.39, 0.29) is 11.3 Å². The van der Waals surface area contributed by atoms with Crippen molar-refractivity contribution in [2.24, 2.45) is 0 Å². The maximum Gasteiger partial charge on any atom is 0.189 e. The van der Waals surface area contributed by atoms with Crippen molar-refractivity contribution < 1.29 is 4.39 Å². The zero-order valence-electron chi connectivity index (χ0n) is 8.07. The van der Waals surface area contributed by atoms with E-state index < -0.39 is 5.82 Å². The molecule has 3 N–H and O–H groups in total. The van der Waals surface area contributed by atoms with Gasteiger partial charge in [0.2, 0.25) is 0 Å². The van der Waals surface area contributed by atoms with Gasteiger partial charge in [-0.25, -0.2) is 9.37 Å². The number of nitrogens with zero attached hydrogens (tertiary/aromatic N) is 2. The van der Waals surface area contributed by atoms with Gasteiger partial charge in [0, 0.05) is 0 Å². The van der Waals surface area contributed by atoms with Gasteiger partial charge in [-0.3, -0.25) is 0 Å². The van der Waals surface area contributed by atoms with Crippen molar-refractivity contribution in [3.63, 3.8) is 0 Å². The highest BCUT2D eigenvalue weighted by Crippen LogP contribution is 2.25. The monoisotopic (exact) mass is 234 g/mol. The first kappa shape index (κ1) is 10.4. The number of rotatable bonds is 2. The fraction of sp³-hybridized carbons (Fsp3) is 0. The van der Waals surface area contributed by atoms with Crippen molar-refractivity contribution in [2.75, 3.05) is 11.1 Å². The zero-order valence-corrected chi connectivity index (χ0v) is 8.88. The second-order valence-electron chi connectivity index (χ2n) is 3.00. The molecule has 0 unspecified atom stereocenters. The zero-order chi connectivity index (χ0) is 11.5. The molecule has 1 aromatic heterocycles. The third-order valence-corrected chi connectivity index (χ3v) is 2.61. The van der Waals surface area contributed by atoms with Crippen molar-refractivity contribution in [2.45, 2.75) is 0 Å². The predicted molar refractivity (Wildman–Crippen MR) is 60.9 cm³/mol. The number of nitriles is 1. The Bertz CT molecular complexity index is 558. The molecule has 1 aromatic carbocycles. The number of thiazole rings is 1. The average Bonchev–Trinajstić information content (AvgIpc) is 2.67. The molecular weight excluding hydrogens is 227 g/mol. The Morgan fingerprint density at radius 1 is 1.50 bits per heavy atom. The summed E-state index contributed by atoms with van der Waals surface area (Å²) in [4.78, 5) is 3.95. The number of halogens is 1. The number of benzene rings is 1. The highest BCUT2D eigenvalue weighted by atomic mass is 32.1. The van der Waals surface area contributed by atoms with E-state index >= 15 is 0 Å². The van der Waals surface area contributed by atoms with Crippen LogP contribution in [-0.2, 0) is 0 Å². The molecule has 0 fully saturated rings. The maximum atomic E-state index is 13.5. The van der Waals surface area contributed by atoms with E-state index in [1.807, 2.05) is 6.07 Å². The van der Waals surface area contributed by atoms with E-state index in [0.29, 0.717) is 10.1 Å². The van der Waals surface area contributed by atoms with Crippen LogP contribution >= 0.6 is 11.3 Å². The van der Waals surface area contributed by atoms with Gasteiger partial charge in [0.15, 0.2) is 5.13 Å². The largest absolute Gasteiger partial charge is 0.389 e. The maximum absolute atomic E-state index is 13.5. The van der Waals surface area contributed by atoms with Crippen molar-refractivity contribution in [1.82, 2.24) is 4.98 Å². The minimum Gasteiger partial charge on any atom is -0.389 e. The lowest BCUT2D eigenvalue weighted by molar-refractivity contribution is 0.631. The highest BCUT2D eigenvalue weighted by Gasteiger charge is 2.05. The van der Waals surface area contributed by atoms with Gasteiger partial charge < -0.3 is 11.1 Å². The van der Waals surface area contributed by atoms with Crippen LogP contribution in [0, 0.1) is 17.1 Å². The number of hydrogen-bond donors (Lipinski definition) is 2. The highest BCUT2D eigenvalue weighted by molar-refractivity contribution is 7.19. The molecule has 1 heterocycles. The van der Waals surface area contributed by atoms with Crippen LogP contribution in [0.15, 0.2) is 24.4 Å². The van der Waals surface area contributed by atoms with Gasteiger partial charge in [-0.1, -0.05) is 11.3 Å². The number of hydrogen-bond acceptors (Lipinski definition) is 5. The van der Waals surface area contributed by atoms with Crippen LogP contribution in [0.1, 0.15) is 5.56 Å². The average molecular weight is 234 g/mol. The number of nitrogens with two attached hydrogens (primary N) is 1. The summed E-state index contributed by atoms with van der Waals surface area (Å²) >= 11 is 1.23. The van der Waals surface area contributed by atoms with E-state index in [2.05, 4.69) is 10.3 Å². The van der Waals surface area contributed by atoms with Crippen LogP contribution in [0.5, 0.6) is 0 Å². The lowest BCUT2D eigenvalue weighted by Crippen LogP contribution is -1.93. The summed E-state index contributed by atoms with van der Waals surface area (Å²) in [6.07, 6.45) is 1.49. The molecule has 0 aliphatic heterocycles. The fourth-order valence-electron chi connectivity index (χ4n) is 1.15. The Balaban J connectivity index is 2.26. The van der Waals surface area contributed by atoms with E-state index in [0.717, 1.165) is 0 Å². The Hall–Kier alpha value is -2.13. The molecule has 0 amide bonds. The molecule has 0 saturated carbocycles. The van der Waals surface area contributed by atoms with Crippen molar-refractivity contribution in [3.05, 3.63) is 35.8 Å². The summed E-state index contributed by atoms with van der Waals surface area (Å²) in [6.45, 7) is 0. The van der Waals surface area contributed by atoms with Gasteiger partial charge >= 0.3 is 0 Å². The molecule has 16 heavy (non-hydrogen) atoms. The summed E-state index contributed by atoms with van der Waals surface area (Å²) in [6, 6.07) is 6.05. The van der Waals surface area contributed by atoms with E-state index in [9.17, 15) is 4.39 Å². The molecule has 2 rings (SSSR count). The summed E-state index contributed by atoms with van der Waals surface area (Å²) in [5, 5.41) is 12.4. The molecule has 0 atom stereocenters. The minimum atomic E-state index is -0.493. The molecule has 0 aliphatic rings. The molecular formula is C10H7FN4S. The van der Waals surface area contributed by atoms with Crippen molar-refractivity contribution in [3.8, 4) is 6.07 Å². The van der Waals surface area contributed by atoms with Crippen LogP contribution < -0.4 is 11.1 Å². The molecule has 4 nitrogen and oxygen atoms in total. The van der Waals surface area contributed by atoms with Crippen molar-refractivity contribution >= 4 is 27.2 Å². The third-order valence-electron chi connectivity index (χ3n) is 1.86. The molecule has 0 aliphatic carbocycles. The Kier molecular flexibility index (Phi) is 2.70. The van der Waals surface area contributed by atoms with Crippen LogP contribution in [0.4, 0.5) is 20.2 Å². The minimum absolute atomic E-state index is 0.272. The van der Waals surface area contributed by atoms with E-state index in [1.165, 1.54) is 35.7 Å². The molecule has 6 heteroatoms. The van der Waals surface area contributed by atoms with Crippen LogP contribution in [0.2, 0.25) is 0 Å². The summed E-state index contributed by atoms with van der Waals surface area (Å²) < 4.78 is 13.5. The van der Waals surface area contributed by atoms with Gasteiger partial charge in [0.25, 0.3) is 0 Å². The van der Waals surface area contributed by atoms with Gasteiger partial charge in [0.1, 0.15) is 10.8 Å². The first-order valence-corrected chi connectivity index (χ1v) is 5.18. The number of anilines is 3. The number of aromatic nitrogens is 1. The van der Waals surface area contributed by atoms with E-state index in [4.69, 9.17) is 11.0 Å². The smallest absolute Gasteiger partial charge is 0.189 e. The molecule has 80 valence electrons. The molecule has 0 bridgehead atoms. The molecule has 0 spiro atoms. The van der Waals surface area contributed by atoms with Crippen LogP contribution in [0.25, 0.3) is 0 Å². The topological polar surface area (TPSA) is 74.7 Å². The summed E-state index contributed by atoms with van der Waals surface area (Å²) in [5.41, 5.74) is 6.05. The predicted octanol–water partition coefficient (Wildman–Crippen LogP) is 2.48. The van der Waals surface area contributed by atoms with E-state index in [1.54, 1.807) is 0 Å². The lowest BCUT2D eigenvalue weighted by Gasteiger charge is -2.03. The standard InChI is InChI=1S/C10H7FN4S/c11-7-3-6(4-12)1-2-8(7)15-10-14-5-9(13)16-10/h1-3,5H,13H2,(H,14,15). The number of nitrogens with one attached hydrogen (secondary N) is 1.